The monoisotopic (exact) mass is 508 g/mol. The predicted octanol–water partition coefficient (Wildman–Crippen LogP) is 4.45. The summed E-state index contributed by atoms with van der Waals surface area (Å²) in [6.45, 7) is 3.54. The second-order valence-corrected chi connectivity index (χ2v) is 10.6. The molecule has 10 heteroatoms. The number of ketones is 1. The molecule has 3 N–H and O–H groups in total. The van der Waals surface area contributed by atoms with Gasteiger partial charge >= 0.3 is 13.8 Å². The number of esters is 1. The summed E-state index contributed by atoms with van der Waals surface area (Å²) in [4.78, 5) is 34.2. The zero-order valence-electron chi connectivity index (χ0n) is 20.9. The number of phosphoric acid groups is 1. The molecule has 0 aromatic carbocycles. The molecule has 1 aliphatic rings. The molecule has 0 aromatic heterocycles. The molecule has 1 rings (SSSR count). The lowest BCUT2D eigenvalue weighted by Gasteiger charge is -2.20. The molecule has 1 saturated heterocycles. The Labute approximate surface area is 204 Å². The van der Waals surface area contributed by atoms with Crippen molar-refractivity contribution < 1.29 is 43.0 Å². The minimum Gasteiger partial charge on any atom is -0.449 e. The van der Waals surface area contributed by atoms with Crippen LogP contribution in [-0.4, -0.2) is 58.4 Å². The summed E-state index contributed by atoms with van der Waals surface area (Å²) in [6, 6.07) is 0. The number of hydrogen-bond donors (Lipinski definition) is 3. The highest BCUT2D eigenvalue weighted by Gasteiger charge is 2.50. The van der Waals surface area contributed by atoms with Crippen LogP contribution in [0.3, 0.4) is 0 Å². The summed E-state index contributed by atoms with van der Waals surface area (Å²) in [5.74, 6) is -2.12. The predicted molar refractivity (Wildman–Crippen MR) is 128 cm³/mol. The van der Waals surface area contributed by atoms with Crippen molar-refractivity contribution in [3.8, 4) is 0 Å². The molecule has 200 valence electrons. The number of phosphoric ester groups is 1. The van der Waals surface area contributed by atoms with Gasteiger partial charge in [-0.1, -0.05) is 90.9 Å². The maximum Gasteiger partial charge on any atom is 0.473 e. The van der Waals surface area contributed by atoms with E-state index >= 15 is 0 Å². The highest BCUT2D eigenvalue weighted by atomic mass is 31.2. The number of carbonyl (C=O) groups excluding carboxylic acids is 2. The Bertz CT molecular complexity index is 628. The standard InChI is InChI=1S/C24H45O9P/c1-3-5-7-9-10-12-14-16-19(15-13-11-8-6-4-2)18-31-34(29,30)33-23-21(27)22(20(26)17-25)32-24(23)28/h19-20,22-23,25-26H,3-18H2,1-2H3,(H,29,30)/t19?,20?,22-,23?/m1/s1. The van der Waals surface area contributed by atoms with E-state index in [0.717, 1.165) is 51.4 Å². The minimum absolute atomic E-state index is 0.00393. The first kappa shape index (κ1) is 31.2. The van der Waals surface area contributed by atoms with Crippen LogP contribution in [0.4, 0.5) is 0 Å². The van der Waals surface area contributed by atoms with Gasteiger partial charge in [-0.15, -0.1) is 0 Å². The third-order valence-electron chi connectivity index (χ3n) is 6.18. The van der Waals surface area contributed by atoms with Crippen molar-refractivity contribution in [1.82, 2.24) is 0 Å². The number of carbonyl (C=O) groups is 2. The third kappa shape index (κ3) is 12.2. The van der Waals surface area contributed by atoms with Crippen LogP contribution < -0.4 is 0 Å². The quantitative estimate of drug-likeness (QED) is 0.0887. The lowest BCUT2D eigenvalue weighted by molar-refractivity contribution is -0.151. The molecule has 34 heavy (non-hydrogen) atoms. The molecule has 1 heterocycles. The second kappa shape index (κ2) is 17.6. The van der Waals surface area contributed by atoms with E-state index in [9.17, 15) is 24.2 Å². The summed E-state index contributed by atoms with van der Waals surface area (Å²) in [6.07, 6.45) is 10.4. The van der Waals surface area contributed by atoms with Crippen LogP contribution in [0.15, 0.2) is 0 Å². The van der Waals surface area contributed by atoms with Gasteiger partial charge in [0.1, 0.15) is 6.10 Å². The number of aliphatic hydroxyl groups excluding tert-OH is 2. The average Bonchev–Trinajstić information content (AvgIpc) is 3.08. The Balaban J connectivity index is 2.54. The Morgan fingerprint density at radius 1 is 0.912 bits per heavy atom. The fourth-order valence-corrected chi connectivity index (χ4v) is 4.99. The van der Waals surface area contributed by atoms with Crippen molar-refractivity contribution in [3.05, 3.63) is 0 Å². The van der Waals surface area contributed by atoms with Crippen molar-refractivity contribution in [2.45, 2.75) is 122 Å². The molecular formula is C24H45O9P. The first-order valence-electron chi connectivity index (χ1n) is 12.9. The number of hydrogen-bond acceptors (Lipinski definition) is 8. The van der Waals surface area contributed by atoms with E-state index in [1.807, 2.05) is 0 Å². The van der Waals surface area contributed by atoms with E-state index in [0.29, 0.717) is 0 Å². The molecule has 0 amide bonds. The summed E-state index contributed by atoms with van der Waals surface area (Å²) in [7, 11) is -4.71. The van der Waals surface area contributed by atoms with Crippen LogP contribution in [0, 0.1) is 5.92 Å². The highest BCUT2D eigenvalue weighted by molar-refractivity contribution is 7.47. The largest absolute Gasteiger partial charge is 0.473 e. The second-order valence-electron chi connectivity index (χ2n) is 9.24. The van der Waals surface area contributed by atoms with E-state index in [4.69, 9.17) is 14.2 Å². The van der Waals surface area contributed by atoms with Crippen molar-refractivity contribution in [2.24, 2.45) is 5.92 Å². The van der Waals surface area contributed by atoms with Crippen LogP contribution in [0.1, 0.15) is 104 Å². The molecule has 0 aliphatic carbocycles. The zero-order chi connectivity index (χ0) is 25.4. The van der Waals surface area contributed by atoms with Crippen molar-refractivity contribution in [1.29, 1.82) is 0 Å². The Hall–Kier alpha value is -0.830. The van der Waals surface area contributed by atoms with Gasteiger partial charge in [0.2, 0.25) is 11.9 Å². The molecule has 4 unspecified atom stereocenters. The van der Waals surface area contributed by atoms with Gasteiger partial charge in [0.15, 0.2) is 6.10 Å². The number of aliphatic hydroxyl groups is 2. The topological polar surface area (TPSA) is 140 Å². The van der Waals surface area contributed by atoms with E-state index in [-0.39, 0.29) is 12.5 Å². The molecule has 0 spiro atoms. The summed E-state index contributed by atoms with van der Waals surface area (Å²) < 4.78 is 27.1. The molecule has 1 fully saturated rings. The Morgan fingerprint density at radius 3 is 1.91 bits per heavy atom. The number of unbranched alkanes of at least 4 members (excludes halogenated alkanes) is 10. The van der Waals surface area contributed by atoms with Crippen LogP contribution in [0.5, 0.6) is 0 Å². The summed E-state index contributed by atoms with van der Waals surface area (Å²) >= 11 is 0. The number of rotatable bonds is 21. The van der Waals surface area contributed by atoms with Gasteiger partial charge in [-0.25, -0.2) is 9.36 Å². The van der Waals surface area contributed by atoms with E-state index in [2.05, 4.69) is 18.6 Å². The number of Topliss-reactive ketones (excluding diaryl/α,β-unsaturated/α-hetero) is 1. The van der Waals surface area contributed by atoms with Gasteiger partial charge < -0.3 is 19.8 Å². The first-order valence-corrected chi connectivity index (χ1v) is 14.4. The van der Waals surface area contributed by atoms with Gasteiger partial charge in [0, 0.05) is 0 Å². The molecule has 0 bridgehead atoms. The van der Waals surface area contributed by atoms with E-state index in [1.165, 1.54) is 38.5 Å². The van der Waals surface area contributed by atoms with Crippen LogP contribution >= 0.6 is 7.82 Å². The Kier molecular flexibility index (Phi) is 16.1. The lowest BCUT2D eigenvalue weighted by atomic mass is 9.95. The highest BCUT2D eigenvalue weighted by Crippen LogP contribution is 2.46. The van der Waals surface area contributed by atoms with Crippen molar-refractivity contribution in [3.63, 3.8) is 0 Å². The maximum atomic E-state index is 12.4. The fourth-order valence-electron chi connectivity index (χ4n) is 4.07. The van der Waals surface area contributed by atoms with Gasteiger partial charge in [-0.3, -0.25) is 13.8 Å². The normalized spacial score (nSPS) is 21.9. The van der Waals surface area contributed by atoms with Crippen LogP contribution in [0.2, 0.25) is 0 Å². The van der Waals surface area contributed by atoms with Crippen LogP contribution in [0.25, 0.3) is 0 Å². The van der Waals surface area contributed by atoms with Gasteiger partial charge in [0.25, 0.3) is 0 Å². The zero-order valence-corrected chi connectivity index (χ0v) is 21.8. The molecule has 0 aromatic rings. The minimum atomic E-state index is -4.71. The maximum absolute atomic E-state index is 12.4. The molecular weight excluding hydrogens is 463 g/mol. The van der Waals surface area contributed by atoms with Gasteiger partial charge in [-0.2, -0.15) is 0 Å². The van der Waals surface area contributed by atoms with Crippen molar-refractivity contribution in [2.75, 3.05) is 13.2 Å². The van der Waals surface area contributed by atoms with Crippen LogP contribution in [-0.2, 0) is 27.9 Å². The number of cyclic esters (lactones) is 1. The smallest absolute Gasteiger partial charge is 0.449 e. The Morgan fingerprint density at radius 2 is 1.41 bits per heavy atom. The van der Waals surface area contributed by atoms with E-state index < -0.39 is 44.5 Å². The van der Waals surface area contributed by atoms with Gasteiger partial charge in [-0.05, 0) is 18.8 Å². The first-order chi connectivity index (χ1) is 16.3. The summed E-state index contributed by atoms with van der Waals surface area (Å²) in [5.41, 5.74) is 0. The summed E-state index contributed by atoms with van der Waals surface area (Å²) in [5, 5.41) is 18.5. The molecule has 0 saturated carbocycles. The average molecular weight is 509 g/mol. The molecule has 1 aliphatic heterocycles. The number of ether oxygens (including phenoxy) is 1. The lowest BCUT2D eigenvalue weighted by Crippen LogP contribution is -2.37. The third-order valence-corrected chi connectivity index (χ3v) is 7.13. The molecule has 5 atom stereocenters. The fraction of sp³-hybridized carbons (Fsp3) is 0.917. The molecule has 0 radical (unpaired) electrons. The van der Waals surface area contributed by atoms with Gasteiger partial charge in [0.05, 0.1) is 13.2 Å². The van der Waals surface area contributed by atoms with Crippen molar-refractivity contribution >= 4 is 19.6 Å². The van der Waals surface area contributed by atoms with E-state index in [1.54, 1.807) is 0 Å². The SMILES string of the molecule is CCCCCCCCCC(CCCCCCC)COP(=O)(O)OC1C(=O)O[C@H](C(O)CO)C1=O. The molecule has 9 nitrogen and oxygen atoms in total.